The average molecular weight is 480 g/mol. The average Bonchev–Trinajstić information content (AvgIpc) is 2.74. The van der Waals surface area contributed by atoms with Crippen LogP contribution in [-0.2, 0) is 26.2 Å². The second kappa shape index (κ2) is 11.4. The molecule has 0 saturated carbocycles. The summed E-state index contributed by atoms with van der Waals surface area (Å²) in [5.41, 5.74) is 0.847. The standard InChI is InChI=1S/C23H30ClN3O4S/c1-5-21(23(29)25-17(2)3)27(15-18-9-7-6-8-10-18)22(28)16-26(4)32(30,31)20-13-11-19(24)12-14-20/h6-14,17,21H,5,15-16H2,1-4H3,(H,25,29). The van der Waals surface area contributed by atoms with Crippen molar-refractivity contribution in [3.05, 3.63) is 65.2 Å². The van der Waals surface area contributed by atoms with Crippen LogP contribution in [0.2, 0.25) is 5.02 Å². The monoisotopic (exact) mass is 479 g/mol. The Bertz CT molecular complexity index is 1010. The molecule has 0 bridgehead atoms. The van der Waals surface area contributed by atoms with Crippen LogP contribution in [-0.4, -0.2) is 55.1 Å². The fourth-order valence-electron chi connectivity index (χ4n) is 3.23. The molecular formula is C23H30ClN3O4S. The van der Waals surface area contributed by atoms with Gasteiger partial charge in [-0.05, 0) is 50.1 Å². The van der Waals surface area contributed by atoms with E-state index in [-0.39, 0.29) is 23.4 Å². The minimum atomic E-state index is -3.90. The van der Waals surface area contributed by atoms with E-state index in [1.165, 1.54) is 36.2 Å². The predicted molar refractivity (Wildman–Crippen MR) is 126 cm³/mol. The van der Waals surface area contributed by atoms with E-state index in [1.54, 1.807) is 0 Å². The lowest BCUT2D eigenvalue weighted by Crippen LogP contribution is -2.52. The van der Waals surface area contributed by atoms with Crippen LogP contribution >= 0.6 is 11.6 Å². The molecule has 0 saturated heterocycles. The van der Waals surface area contributed by atoms with Crippen molar-refractivity contribution in [3.8, 4) is 0 Å². The van der Waals surface area contributed by atoms with E-state index in [0.717, 1.165) is 9.87 Å². The lowest BCUT2D eigenvalue weighted by molar-refractivity contribution is -0.141. The van der Waals surface area contributed by atoms with E-state index < -0.39 is 28.5 Å². The quantitative estimate of drug-likeness (QED) is 0.566. The summed E-state index contributed by atoms with van der Waals surface area (Å²) in [4.78, 5) is 27.6. The Morgan fingerprint density at radius 1 is 1.03 bits per heavy atom. The third-order valence-corrected chi connectivity index (χ3v) is 6.96. The summed E-state index contributed by atoms with van der Waals surface area (Å²) in [5.74, 6) is -0.727. The molecule has 1 atom stereocenters. The van der Waals surface area contributed by atoms with Crippen LogP contribution in [0.5, 0.6) is 0 Å². The van der Waals surface area contributed by atoms with Crippen molar-refractivity contribution in [2.24, 2.45) is 0 Å². The number of hydrogen-bond donors (Lipinski definition) is 1. The molecule has 0 aromatic heterocycles. The van der Waals surface area contributed by atoms with Gasteiger partial charge < -0.3 is 10.2 Å². The Labute approximate surface area is 195 Å². The molecular weight excluding hydrogens is 450 g/mol. The number of amides is 2. The SMILES string of the molecule is CCC(C(=O)NC(C)C)N(Cc1ccccc1)C(=O)CN(C)S(=O)(=O)c1ccc(Cl)cc1. The first kappa shape index (κ1) is 25.8. The lowest BCUT2D eigenvalue weighted by Gasteiger charge is -2.32. The maximum Gasteiger partial charge on any atom is 0.243 e. The van der Waals surface area contributed by atoms with Crippen LogP contribution in [0.15, 0.2) is 59.5 Å². The number of rotatable bonds is 10. The summed E-state index contributed by atoms with van der Waals surface area (Å²) in [6.07, 6.45) is 0.394. The summed E-state index contributed by atoms with van der Waals surface area (Å²) >= 11 is 5.85. The highest BCUT2D eigenvalue weighted by Gasteiger charge is 2.31. The molecule has 2 rings (SSSR count). The third kappa shape index (κ3) is 6.79. The Morgan fingerprint density at radius 2 is 1.62 bits per heavy atom. The molecule has 0 heterocycles. The van der Waals surface area contributed by atoms with Gasteiger partial charge in [-0.15, -0.1) is 0 Å². The van der Waals surface area contributed by atoms with Crippen LogP contribution in [0.25, 0.3) is 0 Å². The summed E-state index contributed by atoms with van der Waals surface area (Å²) in [5, 5.41) is 3.27. The molecule has 2 aromatic carbocycles. The molecule has 7 nitrogen and oxygen atoms in total. The Morgan fingerprint density at radius 3 is 2.16 bits per heavy atom. The van der Waals surface area contributed by atoms with E-state index in [9.17, 15) is 18.0 Å². The second-order valence-corrected chi connectivity index (χ2v) is 10.3. The molecule has 0 aliphatic heterocycles. The van der Waals surface area contributed by atoms with Gasteiger partial charge in [-0.25, -0.2) is 8.42 Å². The highest BCUT2D eigenvalue weighted by Crippen LogP contribution is 2.19. The van der Waals surface area contributed by atoms with Crippen LogP contribution in [0.1, 0.15) is 32.8 Å². The van der Waals surface area contributed by atoms with Crippen LogP contribution in [0.3, 0.4) is 0 Å². The van der Waals surface area contributed by atoms with E-state index in [0.29, 0.717) is 11.4 Å². The summed E-state index contributed by atoms with van der Waals surface area (Å²) < 4.78 is 26.8. The van der Waals surface area contributed by atoms with Gasteiger partial charge in [-0.1, -0.05) is 48.9 Å². The van der Waals surface area contributed by atoms with Gasteiger partial charge >= 0.3 is 0 Å². The molecule has 0 fully saturated rings. The molecule has 0 aliphatic rings. The highest BCUT2D eigenvalue weighted by atomic mass is 35.5. The minimum absolute atomic E-state index is 0.0383. The number of carbonyl (C=O) groups excluding carboxylic acids is 2. The minimum Gasteiger partial charge on any atom is -0.352 e. The Hall–Kier alpha value is -2.42. The zero-order valence-electron chi connectivity index (χ0n) is 18.8. The maximum absolute atomic E-state index is 13.3. The molecule has 1 unspecified atom stereocenters. The second-order valence-electron chi connectivity index (χ2n) is 7.81. The van der Waals surface area contributed by atoms with Gasteiger partial charge in [0.15, 0.2) is 0 Å². The van der Waals surface area contributed by atoms with Crippen molar-refractivity contribution < 1.29 is 18.0 Å². The maximum atomic E-state index is 13.3. The van der Waals surface area contributed by atoms with Gasteiger partial charge in [0.25, 0.3) is 0 Å². The van der Waals surface area contributed by atoms with Crippen LogP contribution < -0.4 is 5.32 Å². The molecule has 2 amide bonds. The fraction of sp³-hybridized carbons (Fsp3) is 0.391. The first-order chi connectivity index (χ1) is 15.1. The normalized spacial score (nSPS) is 12.6. The molecule has 2 aromatic rings. The Balaban J connectivity index is 2.29. The Kier molecular flexibility index (Phi) is 9.24. The van der Waals surface area contributed by atoms with E-state index in [1.807, 2.05) is 51.1 Å². The first-order valence-corrected chi connectivity index (χ1v) is 12.2. The van der Waals surface area contributed by atoms with E-state index >= 15 is 0 Å². The number of carbonyl (C=O) groups is 2. The van der Waals surface area contributed by atoms with E-state index in [2.05, 4.69) is 5.32 Å². The van der Waals surface area contributed by atoms with Gasteiger partial charge in [0, 0.05) is 24.7 Å². The number of nitrogens with zero attached hydrogens (tertiary/aromatic N) is 2. The van der Waals surface area contributed by atoms with Gasteiger partial charge in [0.1, 0.15) is 6.04 Å². The van der Waals surface area contributed by atoms with Crippen molar-refractivity contribution >= 4 is 33.4 Å². The van der Waals surface area contributed by atoms with Gasteiger partial charge in [0.05, 0.1) is 11.4 Å². The van der Waals surface area contributed by atoms with Gasteiger partial charge in [-0.3, -0.25) is 9.59 Å². The third-order valence-electron chi connectivity index (χ3n) is 4.89. The molecule has 174 valence electrons. The highest BCUT2D eigenvalue weighted by molar-refractivity contribution is 7.89. The molecule has 0 radical (unpaired) electrons. The summed E-state index contributed by atoms with van der Waals surface area (Å²) in [7, 11) is -2.56. The number of nitrogens with one attached hydrogen (secondary N) is 1. The van der Waals surface area contributed by atoms with E-state index in [4.69, 9.17) is 11.6 Å². The first-order valence-electron chi connectivity index (χ1n) is 10.4. The molecule has 0 spiro atoms. The van der Waals surface area contributed by atoms with Crippen molar-refractivity contribution in [1.82, 2.24) is 14.5 Å². The largest absolute Gasteiger partial charge is 0.352 e. The van der Waals surface area contributed by atoms with Crippen LogP contribution in [0, 0.1) is 0 Å². The van der Waals surface area contributed by atoms with Crippen LogP contribution in [0.4, 0.5) is 0 Å². The zero-order chi connectivity index (χ0) is 23.9. The van der Waals surface area contributed by atoms with Crippen molar-refractivity contribution in [2.75, 3.05) is 13.6 Å². The number of hydrogen-bond acceptors (Lipinski definition) is 4. The van der Waals surface area contributed by atoms with Crippen molar-refractivity contribution in [3.63, 3.8) is 0 Å². The number of likely N-dealkylation sites (N-methyl/N-ethyl adjacent to an activating group) is 1. The smallest absolute Gasteiger partial charge is 0.243 e. The lowest BCUT2D eigenvalue weighted by atomic mass is 10.1. The van der Waals surface area contributed by atoms with Gasteiger partial charge in [-0.2, -0.15) is 4.31 Å². The molecule has 0 aliphatic carbocycles. The van der Waals surface area contributed by atoms with Crippen molar-refractivity contribution in [2.45, 2.75) is 50.7 Å². The predicted octanol–water partition coefficient (Wildman–Crippen LogP) is 3.29. The fourth-order valence-corrected chi connectivity index (χ4v) is 4.48. The topological polar surface area (TPSA) is 86.8 Å². The number of sulfonamides is 1. The number of benzene rings is 2. The molecule has 32 heavy (non-hydrogen) atoms. The summed E-state index contributed by atoms with van der Waals surface area (Å²) in [6.45, 7) is 5.31. The molecule has 9 heteroatoms. The summed E-state index contributed by atoms with van der Waals surface area (Å²) in [6, 6.07) is 14.2. The molecule has 1 N–H and O–H groups in total. The number of halogens is 1. The zero-order valence-corrected chi connectivity index (χ0v) is 20.4. The van der Waals surface area contributed by atoms with Crippen molar-refractivity contribution in [1.29, 1.82) is 0 Å². The van der Waals surface area contributed by atoms with Gasteiger partial charge in [0.2, 0.25) is 21.8 Å².